The predicted molar refractivity (Wildman–Crippen MR) is 42.0 cm³/mol. The maximum atomic E-state index is 4.77. The highest BCUT2D eigenvalue weighted by Gasteiger charge is 1.90. The summed E-state index contributed by atoms with van der Waals surface area (Å²) < 4.78 is 4.77. The molecule has 1 radical (unpaired) electrons. The molecule has 0 unspecified atom stereocenters. The Hall–Kier alpha value is -1.18. The van der Waals surface area contributed by atoms with Gasteiger partial charge in [-0.3, -0.25) is 0 Å². The van der Waals surface area contributed by atoms with Gasteiger partial charge < -0.3 is 10.1 Å². The number of rotatable bonds is 2. The van der Waals surface area contributed by atoms with E-state index in [9.17, 15) is 0 Å². The van der Waals surface area contributed by atoms with E-state index >= 15 is 0 Å². The Morgan fingerprint density at radius 2 is 2.30 bits per heavy atom. The van der Waals surface area contributed by atoms with Crippen LogP contribution < -0.4 is 10.1 Å². The average molecular weight is 136 g/mol. The fourth-order valence-corrected chi connectivity index (χ4v) is 0.741. The van der Waals surface area contributed by atoms with Gasteiger partial charge in [-0.2, -0.15) is 0 Å². The van der Waals surface area contributed by atoms with Crippen molar-refractivity contribution in [2.24, 2.45) is 0 Å². The summed E-state index contributed by atoms with van der Waals surface area (Å²) in [5.41, 5.74) is 1.03. The molecule has 1 rings (SSSR count). The highest BCUT2D eigenvalue weighted by Crippen LogP contribution is 2.15. The van der Waals surface area contributed by atoms with E-state index in [4.69, 9.17) is 4.74 Å². The minimum absolute atomic E-state index is 0.770. The first-order chi connectivity index (χ1) is 4.86. The molecule has 2 heteroatoms. The van der Waals surface area contributed by atoms with Crippen LogP contribution in [0.5, 0.6) is 5.75 Å². The first-order valence-electron chi connectivity index (χ1n) is 3.06. The number of hydrogen-bond donors (Lipinski definition) is 1. The van der Waals surface area contributed by atoms with Crippen molar-refractivity contribution < 1.29 is 4.74 Å². The van der Waals surface area contributed by atoms with Crippen LogP contribution in [0.25, 0.3) is 0 Å². The van der Waals surface area contributed by atoms with E-state index in [0.29, 0.717) is 0 Å². The van der Waals surface area contributed by atoms with Gasteiger partial charge in [0.15, 0.2) is 0 Å². The van der Waals surface area contributed by atoms with Crippen LogP contribution in [0.3, 0.4) is 0 Å². The lowest BCUT2D eigenvalue weighted by atomic mass is 10.3. The van der Waals surface area contributed by atoms with E-state index < -0.39 is 0 Å². The lowest BCUT2D eigenvalue weighted by Gasteiger charge is -2.01. The molecule has 0 aliphatic heterocycles. The maximum Gasteiger partial charge on any atom is 0.122 e. The molecule has 0 aliphatic rings. The molecular formula is C8H10NO. The summed E-state index contributed by atoms with van der Waals surface area (Å²) in [6.07, 6.45) is 0. The first kappa shape index (κ1) is 6.93. The van der Waals surface area contributed by atoms with Crippen molar-refractivity contribution in [3.63, 3.8) is 0 Å². The molecule has 1 aromatic carbocycles. The van der Waals surface area contributed by atoms with Crippen LogP contribution in [0.2, 0.25) is 0 Å². The van der Waals surface area contributed by atoms with Gasteiger partial charge in [0.05, 0.1) is 0 Å². The SMILES string of the molecule is [CH2]Oc1cccc(NC)c1. The zero-order valence-electron chi connectivity index (χ0n) is 5.92. The molecule has 0 saturated heterocycles. The van der Waals surface area contributed by atoms with Crippen molar-refractivity contribution in [2.45, 2.75) is 0 Å². The van der Waals surface area contributed by atoms with Gasteiger partial charge in [-0.05, 0) is 12.1 Å². The quantitative estimate of drug-likeness (QED) is 0.670. The van der Waals surface area contributed by atoms with E-state index in [1.165, 1.54) is 0 Å². The molecule has 0 fully saturated rings. The molecule has 0 bridgehead atoms. The third kappa shape index (κ3) is 1.41. The second-order valence-corrected chi connectivity index (χ2v) is 1.92. The Bertz CT molecular complexity index is 191. The van der Waals surface area contributed by atoms with E-state index in [1.807, 2.05) is 31.3 Å². The van der Waals surface area contributed by atoms with Crippen LogP contribution in [-0.4, -0.2) is 7.05 Å². The van der Waals surface area contributed by atoms with Crippen LogP contribution in [-0.2, 0) is 0 Å². The fourth-order valence-electron chi connectivity index (χ4n) is 0.741. The van der Waals surface area contributed by atoms with Gasteiger partial charge in [-0.25, -0.2) is 0 Å². The summed E-state index contributed by atoms with van der Waals surface area (Å²) in [6.45, 7) is 0. The molecule has 0 spiro atoms. The first-order valence-corrected chi connectivity index (χ1v) is 3.06. The number of anilines is 1. The van der Waals surface area contributed by atoms with Gasteiger partial charge >= 0.3 is 0 Å². The number of ether oxygens (including phenoxy) is 1. The van der Waals surface area contributed by atoms with Crippen LogP contribution >= 0.6 is 0 Å². The van der Waals surface area contributed by atoms with Gasteiger partial charge in [0, 0.05) is 18.8 Å². The normalized spacial score (nSPS) is 9.00. The van der Waals surface area contributed by atoms with Crippen molar-refractivity contribution in [2.75, 3.05) is 12.4 Å². The van der Waals surface area contributed by atoms with Crippen molar-refractivity contribution in [1.29, 1.82) is 0 Å². The second-order valence-electron chi connectivity index (χ2n) is 1.92. The minimum Gasteiger partial charge on any atom is -0.490 e. The average Bonchev–Trinajstić information content (AvgIpc) is 2.05. The highest BCUT2D eigenvalue weighted by atomic mass is 16.5. The van der Waals surface area contributed by atoms with E-state index in [2.05, 4.69) is 12.4 Å². The Labute approximate surface area is 60.8 Å². The van der Waals surface area contributed by atoms with Crippen molar-refractivity contribution >= 4 is 5.69 Å². The van der Waals surface area contributed by atoms with Gasteiger partial charge in [0.1, 0.15) is 12.9 Å². The van der Waals surface area contributed by atoms with Gasteiger partial charge in [-0.15, -0.1) is 0 Å². The number of benzene rings is 1. The molecule has 0 amide bonds. The van der Waals surface area contributed by atoms with Crippen LogP contribution in [0, 0.1) is 7.11 Å². The van der Waals surface area contributed by atoms with Crippen molar-refractivity contribution in [3.8, 4) is 5.75 Å². The fraction of sp³-hybridized carbons (Fsp3) is 0.125. The van der Waals surface area contributed by atoms with Crippen LogP contribution in [0.1, 0.15) is 0 Å². The second kappa shape index (κ2) is 3.11. The van der Waals surface area contributed by atoms with Gasteiger partial charge in [0.2, 0.25) is 0 Å². The Morgan fingerprint density at radius 3 is 2.90 bits per heavy atom. The molecular weight excluding hydrogens is 126 g/mol. The zero-order valence-corrected chi connectivity index (χ0v) is 5.92. The molecule has 2 nitrogen and oxygen atoms in total. The summed E-state index contributed by atoms with van der Waals surface area (Å²) in [7, 11) is 5.17. The molecule has 0 atom stereocenters. The summed E-state index contributed by atoms with van der Waals surface area (Å²) in [5.74, 6) is 0.770. The van der Waals surface area contributed by atoms with E-state index in [0.717, 1.165) is 11.4 Å². The van der Waals surface area contributed by atoms with E-state index in [1.54, 1.807) is 0 Å². The third-order valence-electron chi connectivity index (χ3n) is 1.29. The molecule has 0 aromatic heterocycles. The Balaban J connectivity index is 2.87. The Morgan fingerprint density at radius 1 is 1.50 bits per heavy atom. The molecule has 10 heavy (non-hydrogen) atoms. The van der Waals surface area contributed by atoms with Gasteiger partial charge in [-0.1, -0.05) is 6.07 Å². The molecule has 0 heterocycles. The van der Waals surface area contributed by atoms with Crippen molar-refractivity contribution in [3.05, 3.63) is 31.4 Å². The van der Waals surface area contributed by atoms with Crippen molar-refractivity contribution in [1.82, 2.24) is 0 Å². The summed E-state index contributed by atoms with van der Waals surface area (Å²) >= 11 is 0. The Kier molecular flexibility index (Phi) is 2.15. The molecule has 0 aliphatic carbocycles. The molecule has 1 aromatic rings. The lowest BCUT2D eigenvalue weighted by molar-refractivity contribution is 0.473. The van der Waals surface area contributed by atoms with Gasteiger partial charge in [0.25, 0.3) is 0 Å². The standard InChI is InChI=1S/C8H10NO/c1-9-7-4-3-5-8(6-7)10-2/h3-6,9H,2H2,1H3. The monoisotopic (exact) mass is 136 g/mol. The summed E-state index contributed by atoms with van der Waals surface area (Å²) in [4.78, 5) is 0. The molecule has 1 N–H and O–H groups in total. The van der Waals surface area contributed by atoms with Crippen LogP contribution in [0.4, 0.5) is 5.69 Å². The number of nitrogens with one attached hydrogen (secondary N) is 1. The maximum absolute atomic E-state index is 4.77. The molecule has 0 saturated carbocycles. The lowest BCUT2D eigenvalue weighted by Crippen LogP contribution is -1.87. The smallest absolute Gasteiger partial charge is 0.122 e. The van der Waals surface area contributed by atoms with E-state index in [-0.39, 0.29) is 0 Å². The predicted octanol–water partition coefficient (Wildman–Crippen LogP) is 1.90. The highest BCUT2D eigenvalue weighted by molar-refractivity contribution is 5.47. The summed E-state index contributed by atoms with van der Waals surface area (Å²) in [5, 5.41) is 2.99. The number of hydrogen-bond acceptors (Lipinski definition) is 2. The molecule has 53 valence electrons. The third-order valence-corrected chi connectivity index (χ3v) is 1.29. The zero-order chi connectivity index (χ0) is 7.40. The van der Waals surface area contributed by atoms with Crippen LogP contribution in [0.15, 0.2) is 24.3 Å². The topological polar surface area (TPSA) is 21.3 Å². The largest absolute Gasteiger partial charge is 0.490 e. The minimum atomic E-state index is 0.770. The summed E-state index contributed by atoms with van der Waals surface area (Å²) in [6, 6.07) is 7.61.